The van der Waals surface area contributed by atoms with Crippen molar-refractivity contribution in [2.45, 2.75) is 19.4 Å². The predicted octanol–water partition coefficient (Wildman–Crippen LogP) is 1.42. The van der Waals surface area contributed by atoms with E-state index in [-0.39, 0.29) is 5.91 Å². The highest BCUT2D eigenvalue weighted by atomic mass is 32.2. The van der Waals surface area contributed by atoms with Crippen molar-refractivity contribution in [2.75, 3.05) is 23.4 Å². The van der Waals surface area contributed by atoms with Crippen LogP contribution in [-0.4, -0.2) is 35.0 Å². The summed E-state index contributed by atoms with van der Waals surface area (Å²) in [6.45, 7) is 2.96. The highest BCUT2D eigenvalue weighted by Gasteiger charge is 2.16. The quantitative estimate of drug-likeness (QED) is 0.853. The van der Waals surface area contributed by atoms with Crippen LogP contribution in [0.3, 0.4) is 0 Å². The lowest BCUT2D eigenvalue weighted by Crippen LogP contribution is -2.39. The zero-order valence-electron chi connectivity index (χ0n) is 9.90. The second-order valence-electron chi connectivity index (χ2n) is 4.17. The number of aromatic nitrogens is 1. The number of amides is 1. The van der Waals surface area contributed by atoms with Crippen LogP contribution in [0.1, 0.15) is 12.0 Å². The van der Waals surface area contributed by atoms with Crippen LogP contribution in [-0.2, 0) is 4.79 Å². The molecule has 1 amide bonds. The number of thioether (sulfide) groups is 1. The number of anilines is 1. The van der Waals surface area contributed by atoms with Gasteiger partial charge in [-0.2, -0.15) is 11.8 Å². The van der Waals surface area contributed by atoms with Crippen LogP contribution in [0.15, 0.2) is 18.5 Å². The van der Waals surface area contributed by atoms with Gasteiger partial charge in [0.15, 0.2) is 0 Å². The zero-order chi connectivity index (χ0) is 12.1. The summed E-state index contributed by atoms with van der Waals surface area (Å²) in [5.41, 5.74) is 1.85. The van der Waals surface area contributed by atoms with Gasteiger partial charge in [0.1, 0.15) is 0 Å². The first-order valence-electron chi connectivity index (χ1n) is 5.77. The summed E-state index contributed by atoms with van der Waals surface area (Å²) in [5, 5.41) is 6.26. The van der Waals surface area contributed by atoms with Crippen LogP contribution in [0.5, 0.6) is 0 Å². The van der Waals surface area contributed by atoms with Crippen LogP contribution >= 0.6 is 11.8 Å². The highest BCUT2D eigenvalue weighted by molar-refractivity contribution is 7.99. The summed E-state index contributed by atoms with van der Waals surface area (Å²) in [5.74, 6) is 2.21. The molecule has 0 aliphatic carbocycles. The first-order valence-corrected chi connectivity index (χ1v) is 6.93. The lowest BCUT2D eigenvalue weighted by Gasteiger charge is -2.22. The molecule has 0 saturated carbocycles. The number of carbonyl (C=O) groups excluding carboxylic acids is 1. The van der Waals surface area contributed by atoms with Crippen molar-refractivity contribution in [3.8, 4) is 0 Å². The number of nitrogens with one attached hydrogen (secondary N) is 2. The summed E-state index contributed by atoms with van der Waals surface area (Å²) < 4.78 is 0. The van der Waals surface area contributed by atoms with Crippen molar-refractivity contribution in [3.05, 3.63) is 24.0 Å². The minimum absolute atomic E-state index is 0.0566. The van der Waals surface area contributed by atoms with Gasteiger partial charge in [-0.3, -0.25) is 9.78 Å². The molecule has 4 nitrogen and oxygen atoms in total. The maximum Gasteiger partial charge on any atom is 0.226 e. The second-order valence-corrected chi connectivity index (χ2v) is 5.32. The van der Waals surface area contributed by atoms with Crippen LogP contribution in [0.25, 0.3) is 0 Å². The van der Waals surface area contributed by atoms with Gasteiger partial charge < -0.3 is 10.6 Å². The first-order chi connectivity index (χ1) is 8.25. The Labute approximate surface area is 106 Å². The smallest absolute Gasteiger partial charge is 0.226 e. The van der Waals surface area contributed by atoms with E-state index in [2.05, 4.69) is 15.6 Å². The van der Waals surface area contributed by atoms with E-state index >= 15 is 0 Å². The summed E-state index contributed by atoms with van der Waals surface area (Å²) in [6.07, 6.45) is 3.95. The van der Waals surface area contributed by atoms with Crippen molar-refractivity contribution in [2.24, 2.45) is 0 Å². The third-order valence-corrected chi connectivity index (χ3v) is 3.87. The number of hydrogen-bond donors (Lipinski definition) is 2. The first kappa shape index (κ1) is 12.4. The fourth-order valence-electron chi connectivity index (χ4n) is 1.77. The molecule has 1 saturated heterocycles. The second kappa shape index (κ2) is 6.02. The van der Waals surface area contributed by atoms with Crippen LogP contribution in [0.4, 0.5) is 5.69 Å². The van der Waals surface area contributed by atoms with E-state index < -0.39 is 0 Å². The van der Waals surface area contributed by atoms with Crippen LogP contribution in [0.2, 0.25) is 0 Å². The number of nitrogens with zero attached hydrogens (tertiary/aromatic N) is 1. The van der Waals surface area contributed by atoms with Crippen molar-refractivity contribution in [3.63, 3.8) is 0 Å². The lowest BCUT2D eigenvalue weighted by atomic mass is 10.2. The molecule has 5 heteroatoms. The Morgan fingerprint density at radius 1 is 1.71 bits per heavy atom. The van der Waals surface area contributed by atoms with Crippen LogP contribution < -0.4 is 10.6 Å². The van der Waals surface area contributed by atoms with Crippen molar-refractivity contribution in [1.29, 1.82) is 0 Å². The molecule has 0 radical (unpaired) electrons. The third kappa shape index (κ3) is 3.71. The minimum atomic E-state index is 0.0566. The maximum absolute atomic E-state index is 11.8. The normalized spacial score (nSPS) is 19.9. The van der Waals surface area contributed by atoms with Gasteiger partial charge in [-0.05, 0) is 18.6 Å². The molecule has 0 aromatic carbocycles. The van der Waals surface area contributed by atoms with Gasteiger partial charge in [0, 0.05) is 36.7 Å². The molecule has 0 spiro atoms. The average Bonchev–Trinajstić information content (AvgIpc) is 2.33. The van der Waals surface area contributed by atoms with E-state index in [1.54, 1.807) is 12.4 Å². The molecule has 1 aromatic rings. The fraction of sp³-hybridized carbons (Fsp3) is 0.500. The van der Waals surface area contributed by atoms with Gasteiger partial charge in [0.25, 0.3) is 0 Å². The fourth-order valence-corrected chi connectivity index (χ4v) is 2.72. The van der Waals surface area contributed by atoms with Gasteiger partial charge >= 0.3 is 0 Å². The highest BCUT2D eigenvalue weighted by Crippen LogP contribution is 2.14. The molecule has 1 atom stereocenters. The Morgan fingerprint density at radius 2 is 2.59 bits per heavy atom. The van der Waals surface area contributed by atoms with E-state index in [0.717, 1.165) is 29.3 Å². The predicted molar refractivity (Wildman–Crippen MR) is 71.3 cm³/mol. The molecule has 17 heavy (non-hydrogen) atoms. The Kier molecular flexibility index (Phi) is 4.39. The lowest BCUT2D eigenvalue weighted by molar-refractivity contribution is -0.116. The van der Waals surface area contributed by atoms with Crippen molar-refractivity contribution in [1.82, 2.24) is 10.3 Å². The molecular weight excluding hydrogens is 234 g/mol. The number of rotatable bonds is 3. The van der Waals surface area contributed by atoms with Crippen molar-refractivity contribution < 1.29 is 4.79 Å². The topological polar surface area (TPSA) is 54.0 Å². The van der Waals surface area contributed by atoms with E-state index in [1.165, 1.54) is 0 Å². The molecule has 1 unspecified atom stereocenters. The summed E-state index contributed by atoms with van der Waals surface area (Å²) in [4.78, 5) is 15.9. The molecule has 2 heterocycles. The molecule has 1 aromatic heterocycles. The Hall–Kier alpha value is -1.07. The number of carbonyl (C=O) groups is 1. The van der Waals surface area contributed by atoms with Gasteiger partial charge in [0.2, 0.25) is 5.91 Å². The van der Waals surface area contributed by atoms with E-state index in [0.29, 0.717) is 12.5 Å². The number of aryl methyl sites for hydroxylation is 1. The molecular formula is C12H17N3OS. The van der Waals surface area contributed by atoms with E-state index in [4.69, 9.17) is 0 Å². The molecule has 2 rings (SSSR count). The molecule has 1 aliphatic heterocycles. The summed E-state index contributed by atoms with van der Waals surface area (Å²) >= 11 is 1.90. The van der Waals surface area contributed by atoms with Crippen LogP contribution in [0, 0.1) is 6.92 Å². The molecule has 1 fully saturated rings. The summed E-state index contributed by atoms with van der Waals surface area (Å²) in [6, 6.07) is 2.19. The monoisotopic (exact) mass is 251 g/mol. The third-order valence-electron chi connectivity index (χ3n) is 2.74. The average molecular weight is 251 g/mol. The van der Waals surface area contributed by atoms with Gasteiger partial charge in [-0.25, -0.2) is 0 Å². The standard InChI is InChI=1S/C12H17N3OS/c1-9-2-3-13-7-11(9)15-12(16)6-10-8-17-5-4-14-10/h2-3,7,10,14H,4-6,8H2,1H3,(H,15,16). The molecule has 2 N–H and O–H groups in total. The minimum Gasteiger partial charge on any atom is -0.324 e. The molecule has 1 aliphatic rings. The van der Waals surface area contributed by atoms with E-state index in [9.17, 15) is 4.79 Å². The number of hydrogen-bond acceptors (Lipinski definition) is 4. The maximum atomic E-state index is 11.8. The SMILES string of the molecule is Cc1ccncc1NC(=O)CC1CSCCN1. The molecule has 92 valence electrons. The van der Waals surface area contributed by atoms with Crippen molar-refractivity contribution >= 4 is 23.4 Å². The Bertz CT molecular complexity index is 391. The number of pyridine rings is 1. The van der Waals surface area contributed by atoms with E-state index in [1.807, 2.05) is 24.8 Å². The van der Waals surface area contributed by atoms with Gasteiger partial charge in [0.05, 0.1) is 11.9 Å². The zero-order valence-corrected chi connectivity index (χ0v) is 10.7. The largest absolute Gasteiger partial charge is 0.324 e. The van der Waals surface area contributed by atoms with Gasteiger partial charge in [-0.1, -0.05) is 0 Å². The summed E-state index contributed by atoms with van der Waals surface area (Å²) in [7, 11) is 0. The Morgan fingerprint density at radius 3 is 3.29 bits per heavy atom. The Balaban J connectivity index is 1.86. The van der Waals surface area contributed by atoms with Gasteiger partial charge in [-0.15, -0.1) is 0 Å². The molecule has 0 bridgehead atoms.